The van der Waals surface area contributed by atoms with Crippen molar-refractivity contribution in [3.05, 3.63) is 35.5 Å². The lowest BCUT2D eigenvalue weighted by Gasteiger charge is -2.18. The van der Waals surface area contributed by atoms with E-state index in [1.807, 2.05) is 38.1 Å². The first kappa shape index (κ1) is 14.1. The lowest BCUT2D eigenvalue weighted by atomic mass is 10.1. The van der Waals surface area contributed by atoms with Crippen molar-refractivity contribution in [2.75, 3.05) is 13.1 Å². The van der Waals surface area contributed by atoms with Gasteiger partial charge in [-0.05, 0) is 19.9 Å². The van der Waals surface area contributed by atoms with Gasteiger partial charge in [0.15, 0.2) is 0 Å². The number of nitrogens with one attached hydrogen (secondary N) is 1. The highest BCUT2D eigenvalue weighted by molar-refractivity contribution is 5.99. The third-order valence-electron chi connectivity index (χ3n) is 3.47. The fourth-order valence-corrected chi connectivity index (χ4v) is 2.41. The van der Waals surface area contributed by atoms with Crippen LogP contribution in [-0.2, 0) is 11.2 Å². The van der Waals surface area contributed by atoms with Crippen molar-refractivity contribution in [1.29, 1.82) is 0 Å². The molecule has 0 aliphatic rings. The molecule has 1 aromatic heterocycles. The number of hydrogen-bond donors (Lipinski definition) is 2. The summed E-state index contributed by atoms with van der Waals surface area (Å²) in [5.74, 6) is -1.09. The van der Waals surface area contributed by atoms with Gasteiger partial charge in [0.05, 0.1) is 6.42 Å². The molecule has 5 nitrogen and oxygen atoms in total. The van der Waals surface area contributed by atoms with Crippen molar-refractivity contribution in [2.45, 2.75) is 20.3 Å². The van der Waals surface area contributed by atoms with E-state index in [1.165, 1.54) is 0 Å². The minimum absolute atomic E-state index is 0.0535. The smallest absolute Gasteiger partial charge is 0.352 e. The first-order chi connectivity index (χ1) is 9.58. The molecule has 0 radical (unpaired) electrons. The molecule has 1 amide bonds. The van der Waals surface area contributed by atoms with Crippen LogP contribution < -0.4 is 0 Å². The Hall–Kier alpha value is -2.30. The molecule has 0 saturated heterocycles. The summed E-state index contributed by atoms with van der Waals surface area (Å²) in [4.78, 5) is 28.1. The second kappa shape index (κ2) is 5.77. The van der Waals surface area contributed by atoms with E-state index in [1.54, 1.807) is 4.90 Å². The number of rotatable bonds is 5. The van der Waals surface area contributed by atoms with E-state index in [2.05, 4.69) is 4.98 Å². The van der Waals surface area contributed by atoms with Gasteiger partial charge in [-0.15, -0.1) is 0 Å². The molecule has 0 aliphatic heterocycles. The quantitative estimate of drug-likeness (QED) is 0.878. The minimum Gasteiger partial charge on any atom is -0.477 e. The number of aromatic nitrogens is 1. The molecule has 2 N–H and O–H groups in total. The van der Waals surface area contributed by atoms with Crippen LogP contribution in [0, 0.1) is 0 Å². The van der Waals surface area contributed by atoms with Crippen LogP contribution in [0.1, 0.15) is 29.9 Å². The number of carboxylic acid groups (broad SMARTS) is 1. The zero-order valence-corrected chi connectivity index (χ0v) is 11.6. The number of H-pyrrole nitrogens is 1. The fraction of sp³-hybridized carbons (Fsp3) is 0.333. The van der Waals surface area contributed by atoms with E-state index >= 15 is 0 Å². The zero-order chi connectivity index (χ0) is 14.7. The highest BCUT2D eigenvalue weighted by atomic mass is 16.4. The van der Waals surface area contributed by atoms with Crippen LogP contribution in [0.5, 0.6) is 0 Å². The Morgan fingerprint density at radius 2 is 1.85 bits per heavy atom. The summed E-state index contributed by atoms with van der Waals surface area (Å²) >= 11 is 0. The van der Waals surface area contributed by atoms with Gasteiger partial charge in [-0.3, -0.25) is 4.79 Å². The van der Waals surface area contributed by atoms with Crippen LogP contribution in [0.15, 0.2) is 24.3 Å². The van der Waals surface area contributed by atoms with Crippen LogP contribution in [0.2, 0.25) is 0 Å². The average molecular weight is 274 g/mol. The molecule has 2 rings (SSSR count). The van der Waals surface area contributed by atoms with Gasteiger partial charge in [0.1, 0.15) is 5.69 Å². The number of benzene rings is 1. The highest BCUT2D eigenvalue weighted by Gasteiger charge is 2.20. The van der Waals surface area contributed by atoms with Crippen molar-refractivity contribution < 1.29 is 14.7 Å². The zero-order valence-electron chi connectivity index (χ0n) is 11.6. The Labute approximate surface area is 117 Å². The number of carboxylic acids is 1. The number of likely N-dealkylation sites (N-methyl/N-ethyl adjacent to an activating group) is 1. The van der Waals surface area contributed by atoms with Gasteiger partial charge < -0.3 is 15.0 Å². The molecule has 0 atom stereocenters. The van der Waals surface area contributed by atoms with E-state index in [4.69, 9.17) is 0 Å². The summed E-state index contributed by atoms with van der Waals surface area (Å²) < 4.78 is 0. The molecule has 0 unspecified atom stereocenters. The monoisotopic (exact) mass is 274 g/mol. The van der Waals surface area contributed by atoms with E-state index in [-0.39, 0.29) is 18.0 Å². The summed E-state index contributed by atoms with van der Waals surface area (Å²) in [7, 11) is 0. The number of hydrogen-bond acceptors (Lipinski definition) is 2. The summed E-state index contributed by atoms with van der Waals surface area (Å²) in [6, 6.07) is 7.32. The predicted molar refractivity (Wildman–Crippen MR) is 76.9 cm³/mol. The van der Waals surface area contributed by atoms with Crippen LogP contribution in [0.4, 0.5) is 0 Å². The van der Waals surface area contributed by atoms with Gasteiger partial charge in [0, 0.05) is 29.6 Å². The van der Waals surface area contributed by atoms with Gasteiger partial charge >= 0.3 is 5.97 Å². The number of aromatic amines is 1. The molecule has 0 saturated carbocycles. The van der Waals surface area contributed by atoms with Crippen LogP contribution in [-0.4, -0.2) is 40.0 Å². The second-order valence-corrected chi connectivity index (χ2v) is 4.57. The van der Waals surface area contributed by atoms with Crippen molar-refractivity contribution in [1.82, 2.24) is 9.88 Å². The Morgan fingerprint density at radius 1 is 1.20 bits per heavy atom. The number of carbonyl (C=O) groups is 2. The molecule has 2 aromatic rings. The van der Waals surface area contributed by atoms with Crippen molar-refractivity contribution >= 4 is 22.8 Å². The van der Waals surface area contributed by atoms with Crippen LogP contribution in [0.25, 0.3) is 10.9 Å². The van der Waals surface area contributed by atoms with Crippen LogP contribution in [0.3, 0.4) is 0 Å². The first-order valence-corrected chi connectivity index (χ1v) is 6.69. The van der Waals surface area contributed by atoms with Crippen molar-refractivity contribution in [3.63, 3.8) is 0 Å². The number of carbonyl (C=O) groups excluding carboxylic acids is 1. The predicted octanol–water partition coefficient (Wildman–Crippen LogP) is 2.28. The number of para-hydroxylation sites is 1. The number of fused-ring (bicyclic) bond motifs is 1. The molecule has 20 heavy (non-hydrogen) atoms. The molecule has 106 valence electrons. The SMILES string of the molecule is CCN(CC)C(=O)Cc1c(C(=O)O)[nH]c2ccccc12. The van der Waals surface area contributed by atoms with Gasteiger partial charge in [0.2, 0.25) is 5.91 Å². The lowest BCUT2D eigenvalue weighted by Crippen LogP contribution is -2.32. The first-order valence-electron chi connectivity index (χ1n) is 6.69. The maximum atomic E-state index is 12.2. The van der Waals surface area contributed by atoms with Crippen LogP contribution >= 0.6 is 0 Å². The van der Waals surface area contributed by atoms with E-state index in [0.717, 1.165) is 10.9 Å². The van der Waals surface area contributed by atoms with E-state index in [9.17, 15) is 14.7 Å². The second-order valence-electron chi connectivity index (χ2n) is 4.57. The highest BCUT2D eigenvalue weighted by Crippen LogP contribution is 2.23. The fourth-order valence-electron chi connectivity index (χ4n) is 2.41. The molecule has 0 aliphatic carbocycles. The van der Waals surface area contributed by atoms with Gasteiger partial charge in [-0.25, -0.2) is 4.79 Å². The molecular weight excluding hydrogens is 256 g/mol. The summed E-state index contributed by atoms with van der Waals surface area (Å²) in [6.07, 6.45) is 0.104. The minimum atomic E-state index is -1.04. The maximum absolute atomic E-state index is 12.2. The van der Waals surface area contributed by atoms with Crippen molar-refractivity contribution in [2.24, 2.45) is 0 Å². The Bertz CT molecular complexity index is 642. The Kier molecular flexibility index (Phi) is 4.08. The van der Waals surface area contributed by atoms with Gasteiger partial charge in [0.25, 0.3) is 0 Å². The molecule has 0 spiro atoms. The van der Waals surface area contributed by atoms with E-state index < -0.39 is 5.97 Å². The Morgan fingerprint density at radius 3 is 2.45 bits per heavy atom. The summed E-state index contributed by atoms with van der Waals surface area (Å²) in [5, 5.41) is 10.1. The molecule has 5 heteroatoms. The normalized spacial score (nSPS) is 10.7. The van der Waals surface area contributed by atoms with E-state index in [0.29, 0.717) is 18.7 Å². The lowest BCUT2D eigenvalue weighted by molar-refractivity contribution is -0.130. The molecule has 0 fully saturated rings. The Balaban J connectivity index is 2.44. The molecule has 1 aromatic carbocycles. The summed E-state index contributed by atoms with van der Waals surface area (Å²) in [5.41, 5.74) is 1.41. The number of aromatic carboxylic acids is 1. The molecule has 1 heterocycles. The maximum Gasteiger partial charge on any atom is 0.352 e. The largest absolute Gasteiger partial charge is 0.477 e. The third-order valence-corrected chi connectivity index (χ3v) is 3.47. The number of nitrogens with zero attached hydrogens (tertiary/aromatic N) is 1. The number of amides is 1. The average Bonchev–Trinajstić information content (AvgIpc) is 2.79. The van der Waals surface area contributed by atoms with Crippen molar-refractivity contribution in [3.8, 4) is 0 Å². The van der Waals surface area contributed by atoms with Gasteiger partial charge in [-0.2, -0.15) is 0 Å². The summed E-state index contributed by atoms with van der Waals surface area (Å²) in [6.45, 7) is 5.07. The van der Waals surface area contributed by atoms with Gasteiger partial charge in [-0.1, -0.05) is 18.2 Å². The third kappa shape index (κ3) is 2.52. The topological polar surface area (TPSA) is 73.4 Å². The standard InChI is InChI=1S/C15H18N2O3/c1-3-17(4-2)13(18)9-11-10-7-5-6-8-12(10)16-14(11)15(19)20/h5-8,16H,3-4,9H2,1-2H3,(H,19,20). The molecular formula is C15H18N2O3. The molecule has 0 bridgehead atoms.